The molecule has 1 rings (SSSR count). The Morgan fingerprint density at radius 1 is 1.53 bits per heavy atom. The molecule has 0 spiro atoms. The molecule has 1 aliphatic rings. The van der Waals surface area contributed by atoms with Crippen LogP contribution in [0, 0.1) is 5.92 Å². The Hall–Kier alpha value is -0.610. The number of β-amino-alcohol motifs (C(OH)–C–C–N with tert-alkyl or cyclic N) is 1. The molecule has 0 aromatic heterocycles. The summed E-state index contributed by atoms with van der Waals surface area (Å²) in [7, 11) is 0. The summed E-state index contributed by atoms with van der Waals surface area (Å²) in [5.41, 5.74) is -1.04. The predicted octanol–water partition coefficient (Wildman–Crippen LogP) is 0.942. The second-order valence-electron chi connectivity index (χ2n) is 4.72. The maximum atomic E-state index is 11.0. The van der Waals surface area contributed by atoms with Gasteiger partial charge in [-0.25, -0.2) is 0 Å². The summed E-state index contributed by atoms with van der Waals surface area (Å²) < 4.78 is 0. The number of carbonyl (C=O) groups is 1. The zero-order chi connectivity index (χ0) is 11.6. The van der Waals surface area contributed by atoms with E-state index < -0.39 is 17.5 Å². The van der Waals surface area contributed by atoms with Crippen LogP contribution in [0.15, 0.2) is 0 Å². The number of rotatable bonds is 4. The van der Waals surface area contributed by atoms with E-state index in [2.05, 4.69) is 18.7 Å². The van der Waals surface area contributed by atoms with Gasteiger partial charge in [-0.05, 0) is 26.7 Å². The molecule has 0 radical (unpaired) electrons. The monoisotopic (exact) mass is 215 g/mol. The molecular weight excluding hydrogens is 194 g/mol. The van der Waals surface area contributed by atoms with Gasteiger partial charge in [0.05, 0.1) is 11.5 Å². The van der Waals surface area contributed by atoms with Crippen molar-refractivity contribution in [1.82, 2.24) is 4.90 Å². The zero-order valence-corrected chi connectivity index (χ0v) is 9.73. The normalized spacial score (nSPS) is 29.7. The fourth-order valence-corrected chi connectivity index (χ4v) is 2.36. The quantitative estimate of drug-likeness (QED) is 0.732. The van der Waals surface area contributed by atoms with E-state index in [1.54, 1.807) is 0 Å². The number of aliphatic hydroxyl groups is 1. The predicted molar refractivity (Wildman–Crippen MR) is 57.7 cm³/mol. The van der Waals surface area contributed by atoms with Gasteiger partial charge in [-0.2, -0.15) is 0 Å². The number of likely N-dealkylation sites (tertiary alicyclic amines) is 1. The smallest absolute Gasteiger partial charge is 0.309 e. The van der Waals surface area contributed by atoms with E-state index in [-0.39, 0.29) is 0 Å². The molecule has 2 unspecified atom stereocenters. The largest absolute Gasteiger partial charge is 0.481 e. The van der Waals surface area contributed by atoms with E-state index in [1.165, 1.54) is 0 Å². The standard InChI is InChI=1S/C11H21NO3/c1-4-9(10(13)14)11(15)5-6-12(7-11)8(2)3/h8-9,15H,4-7H2,1-3H3,(H,13,14). The lowest BCUT2D eigenvalue weighted by atomic mass is 9.84. The molecule has 0 amide bonds. The van der Waals surface area contributed by atoms with Crippen molar-refractivity contribution in [3.05, 3.63) is 0 Å². The highest BCUT2D eigenvalue weighted by atomic mass is 16.4. The zero-order valence-electron chi connectivity index (χ0n) is 9.73. The van der Waals surface area contributed by atoms with Gasteiger partial charge in [0.25, 0.3) is 0 Å². The third-order valence-corrected chi connectivity index (χ3v) is 3.39. The van der Waals surface area contributed by atoms with Crippen molar-refractivity contribution in [1.29, 1.82) is 0 Å². The van der Waals surface area contributed by atoms with Crippen LogP contribution in [0.2, 0.25) is 0 Å². The highest BCUT2D eigenvalue weighted by Gasteiger charge is 2.45. The van der Waals surface area contributed by atoms with E-state index in [0.29, 0.717) is 25.4 Å². The van der Waals surface area contributed by atoms with Crippen molar-refractivity contribution in [2.24, 2.45) is 5.92 Å². The number of aliphatic carboxylic acids is 1. The van der Waals surface area contributed by atoms with E-state index in [9.17, 15) is 9.90 Å². The van der Waals surface area contributed by atoms with Crippen LogP contribution in [0.25, 0.3) is 0 Å². The highest BCUT2D eigenvalue weighted by molar-refractivity contribution is 5.71. The molecule has 15 heavy (non-hydrogen) atoms. The fourth-order valence-electron chi connectivity index (χ4n) is 2.36. The maximum absolute atomic E-state index is 11.0. The number of carboxylic acids is 1. The molecule has 1 saturated heterocycles. The topological polar surface area (TPSA) is 60.8 Å². The lowest BCUT2D eigenvalue weighted by molar-refractivity contribution is -0.151. The van der Waals surface area contributed by atoms with Crippen LogP contribution in [-0.2, 0) is 4.79 Å². The second kappa shape index (κ2) is 4.49. The lowest BCUT2D eigenvalue weighted by Gasteiger charge is -2.30. The first-order valence-electron chi connectivity index (χ1n) is 5.60. The summed E-state index contributed by atoms with van der Waals surface area (Å²) in [6.07, 6.45) is 1.05. The van der Waals surface area contributed by atoms with Crippen LogP contribution in [0.5, 0.6) is 0 Å². The third-order valence-electron chi connectivity index (χ3n) is 3.39. The molecule has 0 saturated carbocycles. The molecule has 2 atom stereocenters. The van der Waals surface area contributed by atoms with Crippen molar-refractivity contribution in [2.75, 3.05) is 13.1 Å². The van der Waals surface area contributed by atoms with E-state index in [1.807, 2.05) is 6.92 Å². The number of hydrogen-bond acceptors (Lipinski definition) is 3. The molecule has 1 fully saturated rings. The minimum Gasteiger partial charge on any atom is -0.481 e. The lowest BCUT2D eigenvalue weighted by Crippen LogP contribution is -2.45. The van der Waals surface area contributed by atoms with Crippen molar-refractivity contribution < 1.29 is 15.0 Å². The summed E-state index contributed by atoms with van der Waals surface area (Å²) in [6, 6.07) is 0.366. The summed E-state index contributed by atoms with van der Waals surface area (Å²) in [6.45, 7) is 7.21. The van der Waals surface area contributed by atoms with E-state index >= 15 is 0 Å². The van der Waals surface area contributed by atoms with Gasteiger partial charge in [-0.1, -0.05) is 6.92 Å². The third kappa shape index (κ3) is 2.49. The molecule has 2 N–H and O–H groups in total. The van der Waals surface area contributed by atoms with Crippen LogP contribution >= 0.6 is 0 Å². The summed E-state index contributed by atoms with van der Waals surface area (Å²) in [5, 5.41) is 19.4. The molecule has 4 nitrogen and oxygen atoms in total. The van der Waals surface area contributed by atoms with Gasteiger partial charge in [0.15, 0.2) is 0 Å². The SMILES string of the molecule is CCC(C(=O)O)C1(O)CCN(C(C)C)C1. The first-order chi connectivity index (χ1) is 6.90. The van der Waals surface area contributed by atoms with Gasteiger partial charge in [-0.3, -0.25) is 9.69 Å². The van der Waals surface area contributed by atoms with Crippen LogP contribution in [0.1, 0.15) is 33.6 Å². The molecular formula is C11H21NO3. The minimum atomic E-state index is -1.04. The van der Waals surface area contributed by atoms with Gasteiger partial charge < -0.3 is 10.2 Å². The highest BCUT2D eigenvalue weighted by Crippen LogP contribution is 2.32. The Labute approximate surface area is 90.9 Å². The molecule has 0 aromatic rings. The Bertz CT molecular complexity index is 242. The average Bonchev–Trinajstić information content (AvgIpc) is 2.49. The minimum absolute atomic E-state index is 0.366. The number of carboxylic acid groups (broad SMARTS) is 1. The van der Waals surface area contributed by atoms with Gasteiger partial charge in [0.2, 0.25) is 0 Å². The number of nitrogens with zero attached hydrogens (tertiary/aromatic N) is 1. The molecule has 0 bridgehead atoms. The Morgan fingerprint density at radius 2 is 2.13 bits per heavy atom. The average molecular weight is 215 g/mol. The molecule has 0 aromatic carbocycles. The Morgan fingerprint density at radius 3 is 2.47 bits per heavy atom. The fraction of sp³-hybridized carbons (Fsp3) is 0.909. The van der Waals surface area contributed by atoms with Crippen LogP contribution in [0.3, 0.4) is 0 Å². The van der Waals surface area contributed by atoms with Crippen molar-refractivity contribution in [2.45, 2.75) is 45.3 Å². The van der Waals surface area contributed by atoms with E-state index in [4.69, 9.17) is 5.11 Å². The first kappa shape index (κ1) is 12.5. The van der Waals surface area contributed by atoms with Gasteiger partial charge in [0, 0.05) is 19.1 Å². The summed E-state index contributed by atoms with van der Waals surface area (Å²) >= 11 is 0. The van der Waals surface area contributed by atoms with Gasteiger partial charge in [-0.15, -0.1) is 0 Å². The molecule has 88 valence electrons. The second-order valence-corrected chi connectivity index (χ2v) is 4.72. The van der Waals surface area contributed by atoms with Gasteiger partial charge in [0.1, 0.15) is 0 Å². The Kier molecular flexibility index (Phi) is 3.73. The van der Waals surface area contributed by atoms with Crippen molar-refractivity contribution >= 4 is 5.97 Å². The molecule has 1 heterocycles. The summed E-state index contributed by atoms with van der Waals surface area (Å²) in [5.74, 6) is -1.52. The molecule has 1 aliphatic heterocycles. The first-order valence-corrected chi connectivity index (χ1v) is 5.60. The van der Waals surface area contributed by atoms with Crippen LogP contribution in [-0.4, -0.2) is 45.8 Å². The molecule has 0 aliphatic carbocycles. The van der Waals surface area contributed by atoms with Crippen LogP contribution < -0.4 is 0 Å². The van der Waals surface area contributed by atoms with E-state index in [0.717, 1.165) is 6.54 Å². The number of hydrogen-bond donors (Lipinski definition) is 2. The van der Waals surface area contributed by atoms with Crippen molar-refractivity contribution in [3.63, 3.8) is 0 Å². The van der Waals surface area contributed by atoms with Gasteiger partial charge >= 0.3 is 5.97 Å². The Balaban J connectivity index is 2.72. The van der Waals surface area contributed by atoms with Crippen molar-refractivity contribution in [3.8, 4) is 0 Å². The summed E-state index contributed by atoms with van der Waals surface area (Å²) in [4.78, 5) is 13.2. The molecule has 4 heteroatoms. The maximum Gasteiger partial charge on any atom is 0.309 e. The van der Waals surface area contributed by atoms with Crippen LogP contribution in [0.4, 0.5) is 0 Å².